The number of fused-ring (bicyclic) bond motifs is 2. The third kappa shape index (κ3) is 3.40. The molecule has 6 heteroatoms. The molecule has 0 radical (unpaired) electrons. The van der Waals surface area contributed by atoms with Gasteiger partial charge in [-0.05, 0) is 29.8 Å². The number of rotatable bonds is 2. The molecule has 0 aliphatic carbocycles. The lowest BCUT2D eigenvalue weighted by Crippen LogP contribution is -2.55. The fourth-order valence-corrected chi connectivity index (χ4v) is 4.31. The first-order valence-corrected chi connectivity index (χ1v) is 10.4. The van der Waals surface area contributed by atoms with Crippen LogP contribution in [0.5, 0.6) is 0 Å². The summed E-state index contributed by atoms with van der Waals surface area (Å²) < 4.78 is 0. The summed E-state index contributed by atoms with van der Waals surface area (Å²) >= 11 is 0. The number of hydrogen-bond donors (Lipinski definition) is 0. The molecule has 2 aromatic carbocycles. The molecule has 1 saturated heterocycles. The number of pyridine rings is 2. The maximum Gasteiger partial charge on any atom is 0.273 e. The van der Waals surface area contributed by atoms with E-state index in [-0.39, 0.29) is 17.9 Å². The van der Waals surface area contributed by atoms with E-state index in [4.69, 9.17) is 0 Å². The lowest BCUT2D eigenvalue weighted by Gasteiger charge is -2.39. The van der Waals surface area contributed by atoms with Gasteiger partial charge in [0.1, 0.15) is 11.4 Å². The summed E-state index contributed by atoms with van der Waals surface area (Å²) in [6.45, 7) is 3.35. The second-order valence-electron chi connectivity index (χ2n) is 7.86. The van der Waals surface area contributed by atoms with Crippen molar-refractivity contribution in [2.75, 3.05) is 19.6 Å². The molecule has 0 N–H and O–H groups in total. The van der Waals surface area contributed by atoms with Crippen LogP contribution >= 0.6 is 0 Å². The molecule has 0 saturated carbocycles. The highest BCUT2D eigenvalue weighted by Crippen LogP contribution is 2.22. The number of carbonyl (C=O) groups excluding carboxylic acids is 2. The molecular weight excluding hydrogens is 388 g/mol. The summed E-state index contributed by atoms with van der Waals surface area (Å²) in [7, 11) is 0. The Kier molecular flexibility index (Phi) is 4.82. The van der Waals surface area contributed by atoms with Crippen molar-refractivity contribution in [1.82, 2.24) is 19.8 Å². The molecule has 1 atom stereocenters. The molecule has 1 aliphatic rings. The van der Waals surface area contributed by atoms with Gasteiger partial charge in [0, 0.05) is 48.8 Å². The van der Waals surface area contributed by atoms with Gasteiger partial charge in [0.25, 0.3) is 11.8 Å². The van der Waals surface area contributed by atoms with Gasteiger partial charge in [-0.2, -0.15) is 0 Å². The van der Waals surface area contributed by atoms with E-state index in [1.807, 2.05) is 72.5 Å². The molecule has 2 aromatic heterocycles. The van der Waals surface area contributed by atoms with Crippen LogP contribution in [0.2, 0.25) is 0 Å². The number of piperazine rings is 1. The number of amides is 2. The molecule has 1 aliphatic heterocycles. The molecular formula is C25H22N4O2. The second kappa shape index (κ2) is 7.80. The van der Waals surface area contributed by atoms with E-state index in [0.717, 1.165) is 21.5 Å². The molecule has 0 spiro atoms. The Balaban J connectivity index is 1.38. The number of aromatic nitrogens is 2. The first-order valence-electron chi connectivity index (χ1n) is 10.4. The summed E-state index contributed by atoms with van der Waals surface area (Å²) in [5, 5.41) is 3.68. The SMILES string of the molecule is C[C@H]1CN(C(=O)c2nccc3ccccc23)CCN1C(=O)c1nccc2ccccc12. The van der Waals surface area contributed by atoms with Crippen molar-refractivity contribution in [1.29, 1.82) is 0 Å². The standard InChI is InChI=1S/C25H22N4O2/c1-17-16-28(24(30)22-20-8-4-2-6-18(20)10-12-26-22)14-15-29(17)25(31)23-21-9-5-3-7-19(21)11-13-27-23/h2-13,17H,14-16H2,1H3/t17-/m0/s1. The Morgan fingerprint density at radius 1 is 0.774 bits per heavy atom. The van der Waals surface area contributed by atoms with E-state index in [0.29, 0.717) is 31.0 Å². The summed E-state index contributed by atoms with van der Waals surface area (Å²) in [5.74, 6) is -0.196. The fourth-order valence-electron chi connectivity index (χ4n) is 4.31. The minimum atomic E-state index is -0.124. The zero-order valence-corrected chi connectivity index (χ0v) is 17.2. The normalized spacial score (nSPS) is 16.6. The van der Waals surface area contributed by atoms with Crippen molar-refractivity contribution in [2.45, 2.75) is 13.0 Å². The average molecular weight is 410 g/mol. The van der Waals surface area contributed by atoms with Gasteiger partial charge in [-0.1, -0.05) is 48.5 Å². The van der Waals surface area contributed by atoms with Gasteiger partial charge < -0.3 is 9.80 Å². The van der Waals surface area contributed by atoms with Crippen molar-refractivity contribution in [3.8, 4) is 0 Å². The van der Waals surface area contributed by atoms with Crippen LogP contribution in [0.25, 0.3) is 21.5 Å². The van der Waals surface area contributed by atoms with E-state index < -0.39 is 0 Å². The Bertz CT molecular complexity index is 1290. The number of hydrogen-bond acceptors (Lipinski definition) is 4. The van der Waals surface area contributed by atoms with Gasteiger partial charge in [0.2, 0.25) is 0 Å². The zero-order chi connectivity index (χ0) is 21.4. The van der Waals surface area contributed by atoms with Crippen LogP contribution in [0.1, 0.15) is 27.9 Å². The highest BCUT2D eigenvalue weighted by atomic mass is 16.2. The second-order valence-corrected chi connectivity index (χ2v) is 7.86. The van der Waals surface area contributed by atoms with Crippen LogP contribution in [-0.2, 0) is 0 Å². The van der Waals surface area contributed by atoms with E-state index in [1.165, 1.54) is 0 Å². The Morgan fingerprint density at radius 3 is 1.90 bits per heavy atom. The lowest BCUT2D eigenvalue weighted by molar-refractivity contribution is 0.0410. The molecule has 4 aromatic rings. The van der Waals surface area contributed by atoms with Crippen molar-refractivity contribution in [3.05, 3.63) is 84.4 Å². The Morgan fingerprint density at radius 2 is 1.32 bits per heavy atom. The summed E-state index contributed by atoms with van der Waals surface area (Å²) in [5.41, 5.74) is 0.918. The maximum absolute atomic E-state index is 13.3. The zero-order valence-electron chi connectivity index (χ0n) is 17.2. The summed E-state index contributed by atoms with van der Waals surface area (Å²) in [6.07, 6.45) is 3.34. The van der Waals surface area contributed by atoms with Gasteiger partial charge in [-0.25, -0.2) is 0 Å². The monoisotopic (exact) mass is 410 g/mol. The minimum absolute atomic E-state index is 0.0975. The molecule has 31 heavy (non-hydrogen) atoms. The minimum Gasteiger partial charge on any atom is -0.333 e. The van der Waals surface area contributed by atoms with Crippen molar-refractivity contribution < 1.29 is 9.59 Å². The smallest absolute Gasteiger partial charge is 0.273 e. The Hall–Kier alpha value is -3.80. The number of benzene rings is 2. The van der Waals surface area contributed by atoms with Crippen molar-refractivity contribution in [2.24, 2.45) is 0 Å². The average Bonchev–Trinajstić information content (AvgIpc) is 2.82. The molecule has 2 amide bonds. The van der Waals surface area contributed by atoms with E-state index >= 15 is 0 Å². The molecule has 0 bridgehead atoms. The molecule has 6 nitrogen and oxygen atoms in total. The molecule has 1 fully saturated rings. The van der Waals surface area contributed by atoms with Gasteiger partial charge in [0.05, 0.1) is 0 Å². The van der Waals surface area contributed by atoms with Crippen LogP contribution in [0.4, 0.5) is 0 Å². The van der Waals surface area contributed by atoms with Gasteiger partial charge in [0.15, 0.2) is 0 Å². The largest absolute Gasteiger partial charge is 0.333 e. The third-order valence-electron chi connectivity index (χ3n) is 5.93. The van der Waals surface area contributed by atoms with Crippen LogP contribution in [0.15, 0.2) is 73.1 Å². The predicted molar refractivity (Wildman–Crippen MR) is 120 cm³/mol. The van der Waals surface area contributed by atoms with E-state index in [1.54, 1.807) is 17.3 Å². The molecule has 154 valence electrons. The first-order chi connectivity index (χ1) is 15.1. The quantitative estimate of drug-likeness (QED) is 0.505. The van der Waals surface area contributed by atoms with E-state index in [9.17, 15) is 9.59 Å². The van der Waals surface area contributed by atoms with Crippen LogP contribution < -0.4 is 0 Å². The van der Waals surface area contributed by atoms with E-state index in [2.05, 4.69) is 9.97 Å². The molecule has 0 unspecified atom stereocenters. The van der Waals surface area contributed by atoms with Gasteiger partial charge in [-0.3, -0.25) is 19.6 Å². The van der Waals surface area contributed by atoms with Crippen molar-refractivity contribution >= 4 is 33.4 Å². The molecule has 3 heterocycles. The van der Waals surface area contributed by atoms with Crippen LogP contribution in [0.3, 0.4) is 0 Å². The number of carbonyl (C=O) groups is 2. The Labute approximate surface area is 180 Å². The highest BCUT2D eigenvalue weighted by Gasteiger charge is 2.32. The third-order valence-corrected chi connectivity index (χ3v) is 5.93. The van der Waals surface area contributed by atoms with Crippen LogP contribution in [0, 0.1) is 0 Å². The van der Waals surface area contributed by atoms with Gasteiger partial charge >= 0.3 is 0 Å². The summed E-state index contributed by atoms with van der Waals surface area (Å²) in [4.78, 5) is 38.9. The van der Waals surface area contributed by atoms with Crippen LogP contribution in [-0.4, -0.2) is 57.3 Å². The first kappa shape index (κ1) is 19.2. The highest BCUT2D eigenvalue weighted by molar-refractivity contribution is 6.06. The molecule has 5 rings (SSSR count). The number of nitrogens with zero attached hydrogens (tertiary/aromatic N) is 4. The topological polar surface area (TPSA) is 66.4 Å². The van der Waals surface area contributed by atoms with Crippen molar-refractivity contribution in [3.63, 3.8) is 0 Å². The summed E-state index contributed by atoms with van der Waals surface area (Å²) in [6, 6.07) is 19.2. The lowest BCUT2D eigenvalue weighted by atomic mass is 10.1. The maximum atomic E-state index is 13.3. The fraction of sp³-hybridized carbons (Fsp3) is 0.200. The predicted octanol–water partition coefficient (Wildman–Crippen LogP) is 3.77. The van der Waals surface area contributed by atoms with Gasteiger partial charge in [-0.15, -0.1) is 0 Å².